The summed E-state index contributed by atoms with van der Waals surface area (Å²) in [5.74, 6) is -1.12. The Morgan fingerprint density at radius 3 is 2.64 bits per heavy atom. The molecule has 7 heteroatoms. The molecule has 0 aliphatic carbocycles. The minimum absolute atomic E-state index is 0.188. The van der Waals surface area contributed by atoms with Crippen LogP contribution in [-0.2, 0) is 0 Å². The second kappa shape index (κ2) is 5.23. The minimum Gasteiger partial charge on any atom is -0.496 e. The van der Waals surface area contributed by atoms with Crippen molar-refractivity contribution in [2.24, 2.45) is 0 Å². The number of rotatable bonds is 4. The van der Waals surface area contributed by atoms with E-state index in [0.717, 1.165) is 11.3 Å². The fraction of sp³-hybridized carbons (Fsp3) is 0.467. The van der Waals surface area contributed by atoms with Gasteiger partial charge in [0.25, 0.3) is 17.8 Å². The summed E-state index contributed by atoms with van der Waals surface area (Å²) in [6, 6.07) is 5.62. The summed E-state index contributed by atoms with van der Waals surface area (Å²) >= 11 is 0. The molecular weight excluding hydrogens is 292 g/mol. The second-order valence-electron chi connectivity index (χ2n) is 5.72. The first-order valence-electron chi connectivity index (χ1n) is 7.04. The lowest BCUT2D eigenvalue weighted by molar-refractivity contribution is -0.0273. The molecule has 3 rings (SSSR count). The monoisotopic (exact) mass is 309 g/mol. The van der Waals surface area contributed by atoms with Crippen LogP contribution in [0.3, 0.4) is 0 Å². The maximum atomic E-state index is 12.9. The summed E-state index contributed by atoms with van der Waals surface area (Å²) < 4.78 is 36.3. The van der Waals surface area contributed by atoms with Gasteiger partial charge in [-0.2, -0.15) is 4.98 Å². The molecule has 118 valence electrons. The lowest BCUT2D eigenvalue weighted by Crippen LogP contribution is -2.56. The van der Waals surface area contributed by atoms with Crippen LogP contribution in [0.2, 0.25) is 0 Å². The van der Waals surface area contributed by atoms with Crippen LogP contribution >= 0.6 is 0 Å². The van der Waals surface area contributed by atoms with Gasteiger partial charge in [-0.1, -0.05) is 19.9 Å². The lowest BCUT2D eigenvalue weighted by atomic mass is 10.0. The third-order valence-corrected chi connectivity index (χ3v) is 3.64. The summed E-state index contributed by atoms with van der Waals surface area (Å²) in [7, 11) is 1.60. The van der Waals surface area contributed by atoms with Crippen molar-refractivity contribution in [3.8, 4) is 17.2 Å². The Bertz CT molecular complexity index is 677. The number of anilines is 1. The zero-order chi connectivity index (χ0) is 15.9. The summed E-state index contributed by atoms with van der Waals surface area (Å²) in [6.45, 7) is 3.40. The molecule has 1 aromatic heterocycles. The van der Waals surface area contributed by atoms with Gasteiger partial charge in [0.2, 0.25) is 0 Å². The Labute approximate surface area is 126 Å². The molecule has 0 amide bonds. The maximum Gasteiger partial charge on any atom is 0.282 e. The van der Waals surface area contributed by atoms with E-state index in [-0.39, 0.29) is 19.0 Å². The van der Waals surface area contributed by atoms with Gasteiger partial charge in [0, 0.05) is 5.56 Å². The van der Waals surface area contributed by atoms with Crippen molar-refractivity contribution < 1.29 is 18.0 Å². The topological polar surface area (TPSA) is 51.4 Å². The van der Waals surface area contributed by atoms with E-state index < -0.39 is 5.92 Å². The smallest absolute Gasteiger partial charge is 0.282 e. The van der Waals surface area contributed by atoms with Gasteiger partial charge in [-0.05, 0) is 28.8 Å². The third kappa shape index (κ3) is 2.63. The minimum atomic E-state index is -2.66. The fourth-order valence-corrected chi connectivity index (χ4v) is 2.44. The van der Waals surface area contributed by atoms with Crippen LogP contribution in [0.15, 0.2) is 22.7 Å². The number of ether oxygens (including phenoxy) is 1. The highest BCUT2D eigenvalue weighted by Gasteiger charge is 2.45. The Kier molecular flexibility index (Phi) is 3.50. The summed E-state index contributed by atoms with van der Waals surface area (Å²) in [6.07, 6.45) is 0. The van der Waals surface area contributed by atoms with Gasteiger partial charge in [-0.15, -0.1) is 0 Å². The van der Waals surface area contributed by atoms with Gasteiger partial charge in [0.1, 0.15) is 5.75 Å². The van der Waals surface area contributed by atoms with Crippen molar-refractivity contribution in [3.63, 3.8) is 0 Å². The van der Waals surface area contributed by atoms with Crippen LogP contribution in [0.1, 0.15) is 25.3 Å². The number of methoxy groups -OCH3 is 1. The Morgan fingerprint density at radius 1 is 1.32 bits per heavy atom. The van der Waals surface area contributed by atoms with E-state index in [1.807, 2.05) is 18.2 Å². The van der Waals surface area contributed by atoms with Crippen molar-refractivity contribution >= 4 is 5.95 Å². The van der Waals surface area contributed by atoms with Gasteiger partial charge >= 0.3 is 0 Å². The highest BCUT2D eigenvalue weighted by molar-refractivity contribution is 5.59. The standard InChI is InChI=1S/C15H17F2N3O2/c1-9(2)11-5-4-10(6-12(11)21-3)13-18-14(19-22-13)20-7-15(16,17)8-20/h4-6,9H,7-8H2,1-3H3. The number of alkyl halides is 2. The molecule has 0 radical (unpaired) electrons. The van der Waals surface area contributed by atoms with Gasteiger partial charge in [-0.3, -0.25) is 0 Å². The predicted octanol–water partition coefficient (Wildman–Crippen LogP) is 3.32. The molecule has 0 unspecified atom stereocenters. The first kappa shape index (κ1) is 14.7. The predicted molar refractivity (Wildman–Crippen MR) is 77.5 cm³/mol. The molecule has 2 aromatic rings. The van der Waals surface area contributed by atoms with E-state index in [0.29, 0.717) is 17.4 Å². The van der Waals surface area contributed by atoms with Crippen molar-refractivity contribution in [2.75, 3.05) is 25.1 Å². The van der Waals surface area contributed by atoms with E-state index >= 15 is 0 Å². The molecule has 1 aliphatic rings. The Hall–Kier alpha value is -2.18. The van der Waals surface area contributed by atoms with Gasteiger partial charge < -0.3 is 14.2 Å². The third-order valence-electron chi connectivity index (χ3n) is 3.64. The van der Waals surface area contributed by atoms with E-state index in [4.69, 9.17) is 9.26 Å². The largest absolute Gasteiger partial charge is 0.496 e. The quantitative estimate of drug-likeness (QED) is 0.867. The number of hydrogen-bond acceptors (Lipinski definition) is 5. The first-order valence-corrected chi connectivity index (χ1v) is 7.04. The maximum absolute atomic E-state index is 12.9. The van der Waals surface area contributed by atoms with Crippen LogP contribution in [0.4, 0.5) is 14.7 Å². The van der Waals surface area contributed by atoms with E-state index in [1.165, 1.54) is 4.90 Å². The van der Waals surface area contributed by atoms with E-state index in [9.17, 15) is 8.78 Å². The van der Waals surface area contributed by atoms with Gasteiger partial charge in [0.15, 0.2) is 0 Å². The molecule has 5 nitrogen and oxygen atoms in total. The average Bonchev–Trinajstić information content (AvgIpc) is 2.93. The molecule has 1 aliphatic heterocycles. The van der Waals surface area contributed by atoms with Crippen LogP contribution in [-0.4, -0.2) is 36.3 Å². The number of benzene rings is 1. The molecule has 1 saturated heterocycles. The molecule has 22 heavy (non-hydrogen) atoms. The average molecular weight is 309 g/mol. The lowest BCUT2D eigenvalue weighted by Gasteiger charge is -2.37. The van der Waals surface area contributed by atoms with Crippen molar-refractivity contribution in [1.82, 2.24) is 10.1 Å². The number of halogens is 2. The highest BCUT2D eigenvalue weighted by atomic mass is 19.3. The summed E-state index contributed by atoms with van der Waals surface area (Å²) in [5, 5.41) is 3.76. The number of nitrogens with zero attached hydrogens (tertiary/aromatic N) is 3. The molecule has 2 heterocycles. The Morgan fingerprint density at radius 2 is 2.05 bits per heavy atom. The van der Waals surface area contributed by atoms with Crippen LogP contribution in [0.5, 0.6) is 5.75 Å². The van der Waals surface area contributed by atoms with E-state index in [1.54, 1.807) is 7.11 Å². The number of aromatic nitrogens is 2. The van der Waals surface area contributed by atoms with Crippen molar-refractivity contribution in [2.45, 2.75) is 25.7 Å². The molecule has 0 N–H and O–H groups in total. The molecule has 0 bridgehead atoms. The number of hydrogen-bond donors (Lipinski definition) is 0. The fourth-order valence-electron chi connectivity index (χ4n) is 2.44. The van der Waals surface area contributed by atoms with Crippen LogP contribution in [0, 0.1) is 0 Å². The zero-order valence-corrected chi connectivity index (χ0v) is 12.6. The van der Waals surface area contributed by atoms with Crippen LogP contribution in [0.25, 0.3) is 11.5 Å². The molecule has 0 atom stereocenters. The second-order valence-corrected chi connectivity index (χ2v) is 5.72. The van der Waals surface area contributed by atoms with Crippen LogP contribution < -0.4 is 9.64 Å². The molecular formula is C15H17F2N3O2. The van der Waals surface area contributed by atoms with Crippen molar-refractivity contribution in [3.05, 3.63) is 23.8 Å². The SMILES string of the molecule is COc1cc(-c2nc(N3CC(F)(F)C3)no2)ccc1C(C)C. The van der Waals surface area contributed by atoms with Gasteiger partial charge in [-0.25, -0.2) is 8.78 Å². The molecule has 1 aromatic carbocycles. The normalized spacial score (nSPS) is 16.7. The zero-order valence-electron chi connectivity index (χ0n) is 12.6. The molecule has 0 saturated carbocycles. The molecule has 1 fully saturated rings. The highest BCUT2D eigenvalue weighted by Crippen LogP contribution is 2.33. The van der Waals surface area contributed by atoms with Crippen molar-refractivity contribution in [1.29, 1.82) is 0 Å². The van der Waals surface area contributed by atoms with Gasteiger partial charge in [0.05, 0.1) is 20.2 Å². The first-order chi connectivity index (χ1) is 10.4. The Balaban J connectivity index is 1.84. The summed E-state index contributed by atoms with van der Waals surface area (Å²) in [5.41, 5.74) is 1.78. The molecule has 0 spiro atoms. The summed E-state index contributed by atoms with van der Waals surface area (Å²) in [4.78, 5) is 5.56. The van der Waals surface area contributed by atoms with E-state index in [2.05, 4.69) is 24.0 Å².